The molecule has 2 atom stereocenters. The minimum atomic E-state index is -0.908. The zero-order chi connectivity index (χ0) is 14.4. The molecule has 1 amide bonds. The third-order valence-corrected chi connectivity index (χ3v) is 2.86. The van der Waals surface area contributed by atoms with Crippen LogP contribution in [0.2, 0.25) is 10.0 Å². The Balaban J connectivity index is 0.00000361. The molecule has 0 saturated carbocycles. The fraction of sp³-hybridized carbons (Fsp3) is 0.417. The standard InChI is InChI=1S/C12H16Cl2N2O3.ClH/c1-19-6-10(15)12(18)16-5-11(17)7-2-8(13)4-9(14)3-7;/h2-4,10-11,17H,5-6,15H2,1H3,(H,16,18);1H. The summed E-state index contributed by atoms with van der Waals surface area (Å²) < 4.78 is 4.76. The van der Waals surface area contributed by atoms with Gasteiger partial charge in [-0.3, -0.25) is 4.79 Å². The Morgan fingerprint density at radius 3 is 2.45 bits per heavy atom. The van der Waals surface area contributed by atoms with Crippen molar-refractivity contribution in [2.45, 2.75) is 12.1 Å². The van der Waals surface area contributed by atoms with Crippen molar-refractivity contribution in [2.24, 2.45) is 5.73 Å². The van der Waals surface area contributed by atoms with Gasteiger partial charge in [-0.1, -0.05) is 23.2 Å². The lowest BCUT2D eigenvalue weighted by Crippen LogP contribution is -2.44. The van der Waals surface area contributed by atoms with Crippen LogP contribution >= 0.6 is 35.6 Å². The van der Waals surface area contributed by atoms with E-state index in [1.54, 1.807) is 18.2 Å². The monoisotopic (exact) mass is 342 g/mol. The molecule has 114 valence electrons. The first-order valence-corrected chi connectivity index (χ1v) is 6.36. The van der Waals surface area contributed by atoms with Gasteiger partial charge in [0.15, 0.2) is 0 Å². The van der Waals surface area contributed by atoms with Gasteiger partial charge in [0.25, 0.3) is 0 Å². The number of nitrogens with one attached hydrogen (secondary N) is 1. The summed E-state index contributed by atoms with van der Waals surface area (Å²) in [6.45, 7) is 0.137. The van der Waals surface area contributed by atoms with Crippen LogP contribution in [-0.2, 0) is 9.53 Å². The van der Waals surface area contributed by atoms with E-state index in [4.69, 9.17) is 33.7 Å². The summed E-state index contributed by atoms with van der Waals surface area (Å²) >= 11 is 11.7. The lowest BCUT2D eigenvalue weighted by atomic mass is 10.1. The Morgan fingerprint density at radius 2 is 1.95 bits per heavy atom. The van der Waals surface area contributed by atoms with Gasteiger partial charge in [-0.05, 0) is 23.8 Å². The van der Waals surface area contributed by atoms with E-state index in [0.29, 0.717) is 15.6 Å². The second-order valence-electron chi connectivity index (χ2n) is 4.03. The molecule has 1 rings (SSSR count). The molecule has 0 aliphatic carbocycles. The van der Waals surface area contributed by atoms with Gasteiger partial charge in [-0.15, -0.1) is 12.4 Å². The SMILES string of the molecule is COCC(N)C(=O)NCC(O)c1cc(Cl)cc(Cl)c1.Cl. The Morgan fingerprint density at radius 1 is 1.40 bits per heavy atom. The molecule has 0 aliphatic heterocycles. The Bertz CT molecular complexity index is 426. The number of ether oxygens (including phenoxy) is 1. The van der Waals surface area contributed by atoms with Gasteiger partial charge in [0.1, 0.15) is 6.04 Å². The van der Waals surface area contributed by atoms with Crippen LogP contribution in [0.25, 0.3) is 0 Å². The summed E-state index contributed by atoms with van der Waals surface area (Å²) in [5.41, 5.74) is 6.07. The molecule has 4 N–H and O–H groups in total. The van der Waals surface area contributed by atoms with Crippen LogP contribution in [0.3, 0.4) is 0 Å². The lowest BCUT2D eigenvalue weighted by molar-refractivity contribution is -0.123. The zero-order valence-corrected chi connectivity index (χ0v) is 13.1. The van der Waals surface area contributed by atoms with Crippen molar-refractivity contribution >= 4 is 41.5 Å². The van der Waals surface area contributed by atoms with E-state index < -0.39 is 18.1 Å². The van der Waals surface area contributed by atoms with E-state index in [1.807, 2.05) is 0 Å². The molecule has 0 aliphatic rings. The van der Waals surface area contributed by atoms with Crippen molar-refractivity contribution in [1.29, 1.82) is 0 Å². The summed E-state index contributed by atoms with van der Waals surface area (Å²) in [5, 5.41) is 13.3. The average molecular weight is 344 g/mol. The molecular weight excluding hydrogens is 327 g/mol. The summed E-state index contributed by atoms with van der Waals surface area (Å²) in [7, 11) is 1.45. The molecule has 0 saturated heterocycles. The number of aliphatic hydroxyl groups excluding tert-OH is 1. The largest absolute Gasteiger partial charge is 0.387 e. The minimum Gasteiger partial charge on any atom is -0.387 e. The first-order chi connectivity index (χ1) is 8.93. The number of rotatable bonds is 6. The number of amides is 1. The van der Waals surface area contributed by atoms with Crippen LogP contribution in [0.1, 0.15) is 11.7 Å². The van der Waals surface area contributed by atoms with Crippen LogP contribution in [0.15, 0.2) is 18.2 Å². The van der Waals surface area contributed by atoms with E-state index in [2.05, 4.69) is 5.32 Å². The molecule has 0 heterocycles. The smallest absolute Gasteiger partial charge is 0.239 e. The van der Waals surface area contributed by atoms with Gasteiger partial charge < -0.3 is 20.9 Å². The predicted molar refractivity (Wildman–Crippen MR) is 81.5 cm³/mol. The van der Waals surface area contributed by atoms with E-state index in [0.717, 1.165) is 0 Å². The highest BCUT2D eigenvalue weighted by Crippen LogP contribution is 2.23. The Hall–Kier alpha value is -0.560. The van der Waals surface area contributed by atoms with Crippen molar-refractivity contribution in [1.82, 2.24) is 5.32 Å². The number of aliphatic hydroxyl groups is 1. The molecule has 0 fully saturated rings. The second kappa shape index (κ2) is 9.39. The number of hydrogen-bond acceptors (Lipinski definition) is 4. The summed E-state index contributed by atoms with van der Waals surface area (Å²) in [4.78, 5) is 11.5. The number of halogens is 3. The second-order valence-corrected chi connectivity index (χ2v) is 4.90. The van der Waals surface area contributed by atoms with Gasteiger partial charge in [0.2, 0.25) is 5.91 Å². The van der Waals surface area contributed by atoms with Gasteiger partial charge in [0.05, 0.1) is 12.7 Å². The Labute approximate surface area is 133 Å². The van der Waals surface area contributed by atoms with Crippen LogP contribution in [-0.4, -0.2) is 37.3 Å². The van der Waals surface area contributed by atoms with Crippen molar-refractivity contribution in [3.05, 3.63) is 33.8 Å². The van der Waals surface area contributed by atoms with Crippen LogP contribution in [0, 0.1) is 0 Å². The number of nitrogens with two attached hydrogens (primary N) is 1. The highest BCUT2D eigenvalue weighted by atomic mass is 35.5. The summed E-state index contributed by atoms with van der Waals surface area (Å²) in [6, 6.07) is 3.96. The lowest BCUT2D eigenvalue weighted by Gasteiger charge is -2.15. The summed E-state index contributed by atoms with van der Waals surface area (Å²) in [5.74, 6) is -0.394. The molecular formula is C12H17Cl3N2O3. The fourth-order valence-corrected chi connectivity index (χ4v) is 2.01. The maximum Gasteiger partial charge on any atom is 0.239 e. The van der Waals surface area contributed by atoms with Crippen LogP contribution in [0.5, 0.6) is 0 Å². The topological polar surface area (TPSA) is 84.6 Å². The van der Waals surface area contributed by atoms with E-state index in [1.165, 1.54) is 7.11 Å². The molecule has 1 aromatic carbocycles. The van der Waals surface area contributed by atoms with E-state index in [9.17, 15) is 9.90 Å². The molecule has 5 nitrogen and oxygen atoms in total. The number of carbonyl (C=O) groups excluding carboxylic acids is 1. The van der Waals surface area contributed by atoms with Crippen molar-refractivity contribution < 1.29 is 14.6 Å². The van der Waals surface area contributed by atoms with Crippen molar-refractivity contribution in [2.75, 3.05) is 20.3 Å². The molecule has 0 spiro atoms. The highest BCUT2D eigenvalue weighted by molar-refractivity contribution is 6.34. The molecule has 8 heteroatoms. The molecule has 20 heavy (non-hydrogen) atoms. The van der Waals surface area contributed by atoms with Crippen LogP contribution in [0.4, 0.5) is 0 Å². The van der Waals surface area contributed by atoms with Gasteiger partial charge in [-0.2, -0.15) is 0 Å². The Kier molecular flexibility index (Phi) is 9.13. The maximum absolute atomic E-state index is 11.5. The molecule has 1 aromatic rings. The third-order valence-electron chi connectivity index (χ3n) is 2.42. The van der Waals surface area contributed by atoms with Gasteiger partial charge in [0, 0.05) is 23.7 Å². The molecule has 0 aromatic heterocycles. The number of methoxy groups -OCH3 is 1. The average Bonchev–Trinajstić information content (AvgIpc) is 2.34. The van der Waals surface area contributed by atoms with Gasteiger partial charge in [-0.25, -0.2) is 0 Å². The van der Waals surface area contributed by atoms with Crippen molar-refractivity contribution in [3.8, 4) is 0 Å². The van der Waals surface area contributed by atoms with Gasteiger partial charge >= 0.3 is 0 Å². The summed E-state index contributed by atoms with van der Waals surface area (Å²) in [6.07, 6.45) is -0.908. The number of benzene rings is 1. The quantitative estimate of drug-likeness (QED) is 0.731. The maximum atomic E-state index is 11.5. The van der Waals surface area contributed by atoms with Crippen LogP contribution < -0.4 is 11.1 Å². The van der Waals surface area contributed by atoms with E-state index >= 15 is 0 Å². The predicted octanol–water partition coefficient (Wildman–Crippen LogP) is 1.54. The number of carbonyl (C=O) groups is 1. The third kappa shape index (κ3) is 6.26. The normalized spacial score (nSPS) is 13.2. The molecule has 0 radical (unpaired) electrons. The zero-order valence-electron chi connectivity index (χ0n) is 10.8. The first kappa shape index (κ1) is 19.4. The molecule has 0 bridgehead atoms. The number of hydrogen-bond donors (Lipinski definition) is 3. The fourth-order valence-electron chi connectivity index (χ4n) is 1.47. The highest BCUT2D eigenvalue weighted by Gasteiger charge is 2.15. The minimum absolute atomic E-state index is 0. The van der Waals surface area contributed by atoms with Crippen molar-refractivity contribution in [3.63, 3.8) is 0 Å². The van der Waals surface area contributed by atoms with E-state index in [-0.39, 0.29) is 25.6 Å². The molecule has 2 unspecified atom stereocenters. The first-order valence-electron chi connectivity index (χ1n) is 5.60.